The molecule has 0 saturated carbocycles. The Morgan fingerprint density at radius 2 is 1.94 bits per heavy atom. The van der Waals surface area contributed by atoms with Crippen LogP contribution < -0.4 is 5.73 Å². The average molecular weight is 222 g/mol. The predicted molar refractivity (Wildman–Crippen MR) is 67.2 cm³/mol. The number of anilines is 1. The third-order valence-electron chi connectivity index (χ3n) is 2.66. The van der Waals surface area contributed by atoms with E-state index in [1.54, 1.807) is 6.20 Å². The molecular formula is C13H10N4. The van der Waals surface area contributed by atoms with Crippen molar-refractivity contribution in [2.45, 2.75) is 0 Å². The second-order valence-electron chi connectivity index (χ2n) is 3.73. The number of nitrogens with zero attached hydrogens (tertiary/aromatic N) is 3. The number of rotatable bonds is 1. The highest BCUT2D eigenvalue weighted by molar-refractivity contribution is 5.91. The smallest absolute Gasteiger partial charge is 0.134 e. The number of nitrogen functional groups attached to an aromatic ring is 1. The number of hydrogen-bond donors (Lipinski definition) is 1. The van der Waals surface area contributed by atoms with Gasteiger partial charge in [0.2, 0.25) is 0 Å². The molecule has 4 nitrogen and oxygen atoms in total. The maximum atomic E-state index is 5.84. The molecule has 17 heavy (non-hydrogen) atoms. The van der Waals surface area contributed by atoms with E-state index < -0.39 is 0 Å². The number of aromatic nitrogens is 3. The fraction of sp³-hybridized carbons (Fsp3) is 0. The standard InChI is InChI=1S/C13H10N4/c14-13-11-6-9(10-2-1-5-15-7-10)3-4-12(11)16-8-17-13/h1-8H,(H2,14,16,17). The lowest BCUT2D eigenvalue weighted by atomic mass is 10.1. The van der Waals surface area contributed by atoms with E-state index in [0.717, 1.165) is 22.0 Å². The minimum absolute atomic E-state index is 0.501. The van der Waals surface area contributed by atoms with Gasteiger partial charge in [0.1, 0.15) is 12.1 Å². The van der Waals surface area contributed by atoms with Crippen LogP contribution in [0.15, 0.2) is 49.1 Å². The van der Waals surface area contributed by atoms with Crippen LogP contribution in [0.25, 0.3) is 22.0 Å². The second-order valence-corrected chi connectivity index (χ2v) is 3.73. The number of nitrogens with two attached hydrogens (primary N) is 1. The highest BCUT2D eigenvalue weighted by atomic mass is 14.9. The van der Waals surface area contributed by atoms with Crippen LogP contribution in [0.5, 0.6) is 0 Å². The van der Waals surface area contributed by atoms with Crippen molar-refractivity contribution in [3.63, 3.8) is 0 Å². The van der Waals surface area contributed by atoms with Gasteiger partial charge in [0.25, 0.3) is 0 Å². The SMILES string of the molecule is Nc1ncnc2ccc(-c3cccnc3)cc12. The Balaban J connectivity index is 2.23. The third-order valence-corrected chi connectivity index (χ3v) is 2.66. The Morgan fingerprint density at radius 3 is 2.76 bits per heavy atom. The molecule has 2 heterocycles. The molecule has 2 N–H and O–H groups in total. The van der Waals surface area contributed by atoms with Gasteiger partial charge >= 0.3 is 0 Å². The molecular weight excluding hydrogens is 212 g/mol. The largest absolute Gasteiger partial charge is 0.383 e. The van der Waals surface area contributed by atoms with Gasteiger partial charge in [0, 0.05) is 23.3 Å². The zero-order valence-corrected chi connectivity index (χ0v) is 9.04. The van der Waals surface area contributed by atoms with Crippen LogP contribution in [0.2, 0.25) is 0 Å². The average Bonchev–Trinajstić information content (AvgIpc) is 2.40. The maximum absolute atomic E-state index is 5.84. The quantitative estimate of drug-likeness (QED) is 0.686. The lowest BCUT2D eigenvalue weighted by Gasteiger charge is -2.04. The number of hydrogen-bond acceptors (Lipinski definition) is 4. The molecule has 4 heteroatoms. The lowest BCUT2D eigenvalue weighted by molar-refractivity contribution is 1.23. The summed E-state index contributed by atoms with van der Waals surface area (Å²) in [6, 6.07) is 9.85. The van der Waals surface area contributed by atoms with Gasteiger partial charge in [-0.1, -0.05) is 12.1 Å². The molecule has 3 rings (SSSR count). The summed E-state index contributed by atoms with van der Waals surface area (Å²) in [7, 11) is 0. The van der Waals surface area contributed by atoms with Gasteiger partial charge in [0.15, 0.2) is 0 Å². The van der Waals surface area contributed by atoms with Gasteiger partial charge in [0.05, 0.1) is 5.52 Å². The molecule has 2 aromatic heterocycles. The van der Waals surface area contributed by atoms with E-state index in [2.05, 4.69) is 15.0 Å². The van der Waals surface area contributed by atoms with Crippen molar-refractivity contribution in [3.8, 4) is 11.1 Å². The lowest BCUT2D eigenvalue weighted by Crippen LogP contribution is -1.93. The molecule has 0 fully saturated rings. The van der Waals surface area contributed by atoms with Gasteiger partial charge < -0.3 is 5.73 Å². The predicted octanol–water partition coefficient (Wildman–Crippen LogP) is 2.27. The Labute approximate surface area is 98.2 Å². The zero-order chi connectivity index (χ0) is 11.7. The monoisotopic (exact) mass is 222 g/mol. The van der Waals surface area contributed by atoms with Crippen LogP contribution >= 0.6 is 0 Å². The van der Waals surface area contributed by atoms with E-state index in [4.69, 9.17) is 5.73 Å². The fourth-order valence-corrected chi connectivity index (χ4v) is 1.79. The van der Waals surface area contributed by atoms with Crippen LogP contribution in [-0.4, -0.2) is 15.0 Å². The minimum Gasteiger partial charge on any atom is -0.383 e. The molecule has 0 unspecified atom stereocenters. The number of fused-ring (bicyclic) bond motifs is 1. The zero-order valence-electron chi connectivity index (χ0n) is 9.04. The van der Waals surface area contributed by atoms with E-state index in [1.807, 2.05) is 36.5 Å². The maximum Gasteiger partial charge on any atom is 0.134 e. The van der Waals surface area contributed by atoms with E-state index in [0.29, 0.717) is 5.82 Å². The topological polar surface area (TPSA) is 64.7 Å². The van der Waals surface area contributed by atoms with Crippen molar-refractivity contribution >= 4 is 16.7 Å². The minimum atomic E-state index is 0.501. The molecule has 3 aromatic rings. The first-order valence-electron chi connectivity index (χ1n) is 5.25. The molecule has 0 aliphatic carbocycles. The molecule has 0 spiro atoms. The molecule has 0 radical (unpaired) electrons. The van der Waals surface area contributed by atoms with Crippen LogP contribution in [0, 0.1) is 0 Å². The van der Waals surface area contributed by atoms with Crippen molar-refractivity contribution in [2.24, 2.45) is 0 Å². The Kier molecular flexibility index (Phi) is 2.19. The first kappa shape index (κ1) is 9.72. The highest BCUT2D eigenvalue weighted by Gasteiger charge is 2.03. The molecule has 82 valence electrons. The normalized spacial score (nSPS) is 10.6. The summed E-state index contributed by atoms with van der Waals surface area (Å²) in [6.45, 7) is 0. The molecule has 0 bridgehead atoms. The Hall–Kier alpha value is -2.49. The van der Waals surface area contributed by atoms with Gasteiger partial charge in [-0.15, -0.1) is 0 Å². The molecule has 0 amide bonds. The summed E-state index contributed by atoms with van der Waals surface area (Å²) in [5, 5.41) is 0.869. The summed E-state index contributed by atoms with van der Waals surface area (Å²) >= 11 is 0. The van der Waals surface area contributed by atoms with Crippen LogP contribution in [0.1, 0.15) is 0 Å². The van der Waals surface area contributed by atoms with Gasteiger partial charge in [-0.2, -0.15) is 0 Å². The first-order chi connectivity index (χ1) is 8.34. The molecule has 0 aliphatic heterocycles. The Morgan fingerprint density at radius 1 is 1.00 bits per heavy atom. The van der Waals surface area contributed by atoms with Crippen molar-refractivity contribution in [1.82, 2.24) is 15.0 Å². The fourth-order valence-electron chi connectivity index (χ4n) is 1.79. The second kappa shape index (κ2) is 3.83. The molecule has 0 aliphatic rings. The summed E-state index contributed by atoms with van der Waals surface area (Å²) in [6.07, 6.45) is 5.05. The van der Waals surface area contributed by atoms with Crippen LogP contribution in [-0.2, 0) is 0 Å². The molecule has 1 aromatic carbocycles. The summed E-state index contributed by atoms with van der Waals surface area (Å²) < 4.78 is 0. The van der Waals surface area contributed by atoms with Crippen molar-refractivity contribution in [2.75, 3.05) is 5.73 Å². The van der Waals surface area contributed by atoms with E-state index >= 15 is 0 Å². The van der Waals surface area contributed by atoms with Crippen molar-refractivity contribution in [3.05, 3.63) is 49.1 Å². The molecule has 0 atom stereocenters. The highest BCUT2D eigenvalue weighted by Crippen LogP contribution is 2.24. The van der Waals surface area contributed by atoms with Crippen LogP contribution in [0.4, 0.5) is 5.82 Å². The first-order valence-corrected chi connectivity index (χ1v) is 5.25. The summed E-state index contributed by atoms with van der Waals surface area (Å²) in [5.41, 5.74) is 8.80. The van der Waals surface area contributed by atoms with Crippen molar-refractivity contribution in [1.29, 1.82) is 0 Å². The van der Waals surface area contributed by atoms with Crippen molar-refractivity contribution < 1.29 is 0 Å². The number of benzene rings is 1. The van der Waals surface area contributed by atoms with E-state index in [-0.39, 0.29) is 0 Å². The number of pyridine rings is 1. The molecule has 0 saturated heterocycles. The Bertz CT molecular complexity index is 665. The van der Waals surface area contributed by atoms with E-state index in [1.165, 1.54) is 6.33 Å². The summed E-state index contributed by atoms with van der Waals surface area (Å²) in [4.78, 5) is 12.3. The van der Waals surface area contributed by atoms with Crippen LogP contribution in [0.3, 0.4) is 0 Å². The third kappa shape index (κ3) is 1.69. The summed E-state index contributed by atoms with van der Waals surface area (Å²) in [5.74, 6) is 0.501. The van der Waals surface area contributed by atoms with Gasteiger partial charge in [-0.25, -0.2) is 9.97 Å². The van der Waals surface area contributed by atoms with Gasteiger partial charge in [-0.05, 0) is 23.8 Å². The van der Waals surface area contributed by atoms with E-state index in [9.17, 15) is 0 Å². The van der Waals surface area contributed by atoms with Gasteiger partial charge in [-0.3, -0.25) is 4.98 Å².